The lowest BCUT2D eigenvalue weighted by atomic mass is 10.1. The van der Waals surface area contributed by atoms with Gasteiger partial charge in [0.2, 0.25) is 5.78 Å². The Morgan fingerprint density at radius 1 is 1.03 bits per heavy atom. The van der Waals surface area contributed by atoms with Crippen LogP contribution in [0.3, 0.4) is 0 Å². The van der Waals surface area contributed by atoms with Crippen molar-refractivity contribution in [3.8, 4) is 0 Å². The molecular formula is C26H23N3O2. The number of aromatic nitrogens is 2. The number of ketones is 1. The number of hydrogen-bond acceptors (Lipinski definition) is 3. The molecule has 4 rings (SSSR count). The molecular weight excluding hydrogens is 386 g/mol. The summed E-state index contributed by atoms with van der Waals surface area (Å²) in [5, 5.41) is 2.96. The van der Waals surface area contributed by atoms with Crippen LogP contribution in [-0.4, -0.2) is 21.7 Å². The van der Waals surface area contributed by atoms with Crippen molar-refractivity contribution in [1.82, 2.24) is 9.97 Å². The van der Waals surface area contributed by atoms with E-state index in [0.717, 1.165) is 39.8 Å². The van der Waals surface area contributed by atoms with Gasteiger partial charge in [0.25, 0.3) is 5.91 Å². The van der Waals surface area contributed by atoms with E-state index in [0.29, 0.717) is 11.4 Å². The van der Waals surface area contributed by atoms with Gasteiger partial charge in [-0.15, -0.1) is 0 Å². The molecule has 2 N–H and O–H groups in total. The van der Waals surface area contributed by atoms with E-state index in [-0.39, 0.29) is 11.7 Å². The molecule has 4 aromatic rings. The molecule has 0 atom stereocenters. The molecule has 0 spiro atoms. The van der Waals surface area contributed by atoms with Crippen LogP contribution in [0.5, 0.6) is 0 Å². The molecule has 0 radical (unpaired) electrons. The molecule has 1 heterocycles. The Labute approximate surface area is 180 Å². The minimum atomic E-state index is -0.202. The number of para-hydroxylation sites is 1. The third kappa shape index (κ3) is 4.61. The fourth-order valence-corrected chi connectivity index (χ4v) is 3.38. The van der Waals surface area contributed by atoms with Crippen molar-refractivity contribution in [2.45, 2.75) is 20.3 Å². The largest absolute Gasteiger partial charge is 0.335 e. The monoisotopic (exact) mass is 409 g/mol. The standard InChI is InChI=1S/C26H23N3O2/c1-3-19-6-4-5-7-21(19)29-26(31)20-12-9-18(10-13-20)11-15-24(30)25-27-22-14-8-17(2)16-23(22)28-25/h4-16H,3H2,1-2H3,(H,27,28)(H,29,31). The third-order valence-electron chi connectivity index (χ3n) is 5.12. The maximum Gasteiger partial charge on any atom is 0.255 e. The highest BCUT2D eigenvalue weighted by Crippen LogP contribution is 2.17. The van der Waals surface area contributed by atoms with Crippen molar-refractivity contribution < 1.29 is 9.59 Å². The van der Waals surface area contributed by atoms with Crippen molar-refractivity contribution in [2.75, 3.05) is 5.32 Å². The van der Waals surface area contributed by atoms with E-state index >= 15 is 0 Å². The van der Waals surface area contributed by atoms with Crippen molar-refractivity contribution >= 4 is 34.5 Å². The number of fused-ring (bicyclic) bond motifs is 1. The first-order valence-corrected chi connectivity index (χ1v) is 10.2. The predicted octanol–water partition coefficient (Wildman–Crippen LogP) is 5.58. The number of nitrogens with zero attached hydrogens (tertiary/aromatic N) is 1. The minimum absolute atomic E-state index is 0.162. The lowest BCUT2D eigenvalue weighted by Crippen LogP contribution is -2.13. The Morgan fingerprint density at radius 2 is 1.81 bits per heavy atom. The Morgan fingerprint density at radius 3 is 2.58 bits per heavy atom. The number of nitrogens with one attached hydrogen (secondary N) is 2. The number of aryl methyl sites for hydroxylation is 2. The molecule has 0 aliphatic rings. The van der Waals surface area contributed by atoms with Gasteiger partial charge in [-0.05, 0) is 66.4 Å². The van der Waals surface area contributed by atoms with E-state index in [9.17, 15) is 9.59 Å². The van der Waals surface area contributed by atoms with Gasteiger partial charge in [-0.1, -0.05) is 49.4 Å². The van der Waals surface area contributed by atoms with Gasteiger partial charge in [-0.25, -0.2) is 4.98 Å². The molecule has 0 unspecified atom stereocenters. The van der Waals surface area contributed by atoms with E-state index < -0.39 is 0 Å². The van der Waals surface area contributed by atoms with Crippen LogP contribution < -0.4 is 5.32 Å². The number of imidazole rings is 1. The number of rotatable bonds is 6. The zero-order valence-corrected chi connectivity index (χ0v) is 17.5. The number of anilines is 1. The Balaban J connectivity index is 1.44. The zero-order chi connectivity index (χ0) is 21.8. The predicted molar refractivity (Wildman–Crippen MR) is 124 cm³/mol. The van der Waals surface area contributed by atoms with E-state index in [2.05, 4.69) is 22.2 Å². The van der Waals surface area contributed by atoms with E-state index in [4.69, 9.17) is 0 Å². The van der Waals surface area contributed by atoms with Gasteiger partial charge < -0.3 is 10.3 Å². The van der Waals surface area contributed by atoms with Crippen molar-refractivity contribution in [1.29, 1.82) is 0 Å². The van der Waals surface area contributed by atoms with Gasteiger partial charge >= 0.3 is 0 Å². The topological polar surface area (TPSA) is 74.8 Å². The molecule has 1 amide bonds. The maximum absolute atomic E-state index is 12.6. The fourth-order valence-electron chi connectivity index (χ4n) is 3.38. The third-order valence-corrected chi connectivity index (χ3v) is 5.12. The fraction of sp³-hybridized carbons (Fsp3) is 0.115. The molecule has 154 valence electrons. The number of benzene rings is 3. The second-order valence-electron chi connectivity index (χ2n) is 7.39. The highest BCUT2D eigenvalue weighted by molar-refractivity contribution is 6.06. The first kappa shape index (κ1) is 20.3. The molecule has 0 aliphatic heterocycles. The first-order chi connectivity index (χ1) is 15.0. The minimum Gasteiger partial charge on any atom is -0.335 e. The summed E-state index contributed by atoms with van der Waals surface area (Å²) in [6.07, 6.45) is 4.05. The number of hydrogen-bond donors (Lipinski definition) is 2. The summed E-state index contributed by atoms with van der Waals surface area (Å²) in [7, 11) is 0. The highest BCUT2D eigenvalue weighted by Gasteiger charge is 2.10. The lowest BCUT2D eigenvalue weighted by Gasteiger charge is -2.09. The van der Waals surface area contributed by atoms with Crippen LogP contribution >= 0.6 is 0 Å². The molecule has 0 saturated carbocycles. The van der Waals surface area contributed by atoms with E-state index in [1.165, 1.54) is 6.08 Å². The van der Waals surface area contributed by atoms with Gasteiger partial charge in [0, 0.05) is 11.3 Å². The van der Waals surface area contributed by atoms with Gasteiger partial charge in [0.1, 0.15) is 0 Å². The van der Waals surface area contributed by atoms with Crippen LogP contribution in [0.2, 0.25) is 0 Å². The van der Waals surface area contributed by atoms with Gasteiger partial charge in [0.05, 0.1) is 11.0 Å². The zero-order valence-electron chi connectivity index (χ0n) is 17.5. The molecule has 5 nitrogen and oxygen atoms in total. The maximum atomic E-state index is 12.6. The summed E-state index contributed by atoms with van der Waals surface area (Å²) in [5.74, 6) is -0.0562. The summed E-state index contributed by atoms with van der Waals surface area (Å²) < 4.78 is 0. The molecule has 0 aliphatic carbocycles. The quantitative estimate of drug-likeness (QED) is 0.322. The number of aromatic amines is 1. The smallest absolute Gasteiger partial charge is 0.255 e. The van der Waals surface area contributed by atoms with Crippen LogP contribution in [0.25, 0.3) is 17.1 Å². The number of carbonyl (C=O) groups excluding carboxylic acids is 2. The average molecular weight is 409 g/mol. The Bertz CT molecular complexity index is 1280. The summed E-state index contributed by atoms with van der Waals surface area (Å²) in [6, 6.07) is 20.7. The summed E-state index contributed by atoms with van der Waals surface area (Å²) in [6.45, 7) is 4.05. The summed E-state index contributed by atoms with van der Waals surface area (Å²) in [5.41, 5.74) is 6.01. The van der Waals surface area contributed by atoms with Crippen molar-refractivity contribution in [3.63, 3.8) is 0 Å². The van der Waals surface area contributed by atoms with Gasteiger partial charge in [-0.2, -0.15) is 0 Å². The van der Waals surface area contributed by atoms with Gasteiger partial charge in [0.15, 0.2) is 5.82 Å². The molecule has 0 fully saturated rings. The molecule has 31 heavy (non-hydrogen) atoms. The van der Waals surface area contributed by atoms with E-state index in [1.54, 1.807) is 18.2 Å². The lowest BCUT2D eigenvalue weighted by molar-refractivity contribution is 0.102. The number of H-pyrrole nitrogens is 1. The SMILES string of the molecule is CCc1ccccc1NC(=O)c1ccc(C=CC(=O)c2nc3ccc(C)cc3[nH]2)cc1. The van der Waals surface area contributed by atoms with E-state index in [1.807, 2.05) is 61.5 Å². The van der Waals surface area contributed by atoms with Crippen LogP contribution in [-0.2, 0) is 6.42 Å². The van der Waals surface area contributed by atoms with Crippen LogP contribution in [0.15, 0.2) is 72.8 Å². The molecule has 3 aromatic carbocycles. The second kappa shape index (κ2) is 8.79. The molecule has 0 saturated heterocycles. The Hall–Kier alpha value is -3.99. The number of carbonyl (C=O) groups is 2. The molecule has 0 bridgehead atoms. The van der Waals surface area contributed by atoms with Crippen LogP contribution in [0, 0.1) is 6.92 Å². The molecule has 1 aromatic heterocycles. The first-order valence-electron chi connectivity index (χ1n) is 10.2. The van der Waals surface area contributed by atoms with Crippen LogP contribution in [0.4, 0.5) is 5.69 Å². The Kier molecular flexibility index (Phi) is 5.76. The number of allylic oxidation sites excluding steroid dienone is 1. The summed E-state index contributed by atoms with van der Waals surface area (Å²) in [4.78, 5) is 32.4. The van der Waals surface area contributed by atoms with Crippen LogP contribution in [0.1, 0.15) is 44.6 Å². The average Bonchev–Trinajstić information content (AvgIpc) is 3.21. The number of amides is 1. The summed E-state index contributed by atoms with van der Waals surface area (Å²) >= 11 is 0. The highest BCUT2D eigenvalue weighted by atomic mass is 16.1. The molecule has 5 heteroatoms. The van der Waals surface area contributed by atoms with Crippen molar-refractivity contribution in [2.24, 2.45) is 0 Å². The normalized spacial score (nSPS) is 11.2. The second-order valence-corrected chi connectivity index (χ2v) is 7.39. The van der Waals surface area contributed by atoms with Crippen molar-refractivity contribution in [3.05, 3.63) is 101 Å². The van der Waals surface area contributed by atoms with Gasteiger partial charge in [-0.3, -0.25) is 9.59 Å².